The molecule has 0 aliphatic rings. The van der Waals surface area contributed by atoms with Gasteiger partial charge >= 0.3 is 0 Å². The molecule has 1 aromatic heterocycles. The lowest BCUT2D eigenvalue weighted by Crippen LogP contribution is -2.30. The van der Waals surface area contributed by atoms with Crippen LogP contribution in [0.1, 0.15) is 24.4 Å². The van der Waals surface area contributed by atoms with E-state index in [1.165, 1.54) is 0 Å². The van der Waals surface area contributed by atoms with E-state index in [2.05, 4.69) is 0 Å². The second kappa shape index (κ2) is 5.86. The van der Waals surface area contributed by atoms with Gasteiger partial charge in [-0.3, -0.25) is 4.79 Å². The summed E-state index contributed by atoms with van der Waals surface area (Å²) in [5.74, 6) is 1.41. The number of hydrogen-bond donors (Lipinski definition) is 0. The molecule has 20 heavy (non-hydrogen) atoms. The molecular formula is C15H19NO4. The van der Waals surface area contributed by atoms with Gasteiger partial charge in [-0.25, -0.2) is 0 Å². The first-order valence-electron chi connectivity index (χ1n) is 6.60. The Kier molecular flexibility index (Phi) is 4.17. The van der Waals surface area contributed by atoms with Crippen molar-refractivity contribution >= 4 is 16.9 Å². The average Bonchev–Trinajstić information content (AvgIpc) is 2.92. The van der Waals surface area contributed by atoms with E-state index >= 15 is 0 Å². The third kappa shape index (κ3) is 2.31. The highest BCUT2D eigenvalue weighted by atomic mass is 16.5. The minimum absolute atomic E-state index is 0.129. The third-order valence-corrected chi connectivity index (χ3v) is 3.31. The Labute approximate surface area is 118 Å². The number of amides is 1. The summed E-state index contributed by atoms with van der Waals surface area (Å²) >= 11 is 0. The lowest BCUT2D eigenvalue weighted by molar-refractivity contribution is 0.0743. The van der Waals surface area contributed by atoms with E-state index in [1.807, 2.05) is 13.8 Å². The number of fused-ring (bicyclic) bond motifs is 1. The van der Waals surface area contributed by atoms with Crippen molar-refractivity contribution in [3.05, 3.63) is 24.0 Å². The molecule has 0 N–H and O–H groups in total. The van der Waals surface area contributed by atoms with Gasteiger partial charge < -0.3 is 18.8 Å². The lowest BCUT2D eigenvalue weighted by Gasteiger charge is -2.16. The molecule has 0 radical (unpaired) electrons. The molecule has 0 bridgehead atoms. The molecular weight excluding hydrogens is 258 g/mol. The van der Waals surface area contributed by atoms with Crippen LogP contribution in [-0.2, 0) is 0 Å². The summed E-state index contributed by atoms with van der Waals surface area (Å²) in [4.78, 5) is 14.0. The molecule has 0 saturated heterocycles. The maximum Gasteiger partial charge on any atom is 0.289 e. The number of carbonyl (C=O) groups is 1. The molecule has 0 fully saturated rings. The van der Waals surface area contributed by atoms with Gasteiger partial charge in [0.05, 0.1) is 19.6 Å². The average molecular weight is 277 g/mol. The van der Waals surface area contributed by atoms with E-state index in [1.54, 1.807) is 37.3 Å². The first kappa shape index (κ1) is 14.2. The predicted octanol–water partition coefficient (Wildman–Crippen LogP) is 2.93. The fraction of sp³-hybridized carbons (Fsp3) is 0.400. The summed E-state index contributed by atoms with van der Waals surface area (Å²) in [6.07, 6.45) is 0. The van der Waals surface area contributed by atoms with Gasteiger partial charge in [-0.15, -0.1) is 0 Å². The van der Waals surface area contributed by atoms with Gasteiger partial charge in [0.1, 0.15) is 5.75 Å². The van der Waals surface area contributed by atoms with Crippen LogP contribution < -0.4 is 9.47 Å². The van der Waals surface area contributed by atoms with Crippen LogP contribution in [-0.4, -0.2) is 38.1 Å². The van der Waals surface area contributed by atoms with Crippen molar-refractivity contribution in [3.63, 3.8) is 0 Å². The standard InChI is InChI=1S/C15H19NO4/c1-5-16(6-2)15(17)13-9-10-11(18-3)7-8-12(19-4)14(10)20-13/h7-9H,5-6H2,1-4H3. The Morgan fingerprint density at radius 1 is 1.15 bits per heavy atom. The van der Waals surface area contributed by atoms with Crippen LogP contribution in [0, 0.1) is 0 Å². The van der Waals surface area contributed by atoms with Gasteiger partial charge in [0.25, 0.3) is 5.91 Å². The zero-order chi connectivity index (χ0) is 14.7. The number of nitrogens with zero attached hydrogens (tertiary/aromatic N) is 1. The molecule has 108 valence electrons. The summed E-state index contributed by atoms with van der Waals surface area (Å²) in [5, 5.41) is 0.738. The molecule has 0 aliphatic heterocycles. The van der Waals surface area contributed by atoms with Crippen LogP contribution in [0.4, 0.5) is 0 Å². The fourth-order valence-corrected chi connectivity index (χ4v) is 2.18. The molecule has 0 unspecified atom stereocenters. The second-order valence-electron chi connectivity index (χ2n) is 4.30. The largest absolute Gasteiger partial charge is 0.496 e. The van der Waals surface area contributed by atoms with Gasteiger partial charge in [-0.1, -0.05) is 0 Å². The maximum absolute atomic E-state index is 12.3. The molecule has 5 nitrogen and oxygen atoms in total. The van der Waals surface area contributed by atoms with E-state index in [4.69, 9.17) is 13.9 Å². The second-order valence-corrected chi connectivity index (χ2v) is 4.30. The van der Waals surface area contributed by atoms with Crippen molar-refractivity contribution in [2.75, 3.05) is 27.3 Å². The highest BCUT2D eigenvalue weighted by Crippen LogP contribution is 2.35. The minimum Gasteiger partial charge on any atom is -0.496 e. The van der Waals surface area contributed by atoms with Crippen molar-refractivity contribution in [1.29, 1.82) is 0 Å². The number of benzene rings is 1. The fourth-order valence-electron chi connectivity index (χ4n) is 2.18. The third-order valence-electron chi connectivity index (χ3n) is 3.31. The first-order valence-corrected chi connectivity index (χ1v) is 6.60. The zero-order valence-corrected chi connectivity index (χ0v) is 12.2. The van der Waals surface area contributed by atoms with Gasteiger partial charge in [0, 0.05) is 19.2 Å². The molecule has 5 heteroatoms. The van der Waals surface area contributed by atoms with Gasteiger partial charge in [-0.2, -0.15) is 0 Å². The summed E-state index contributed by atoms with van der Waals surface area (Å²) in [6, 6.07) is 5.26. The molecule has 0 saturated carbocycles. The molecule has 2 aromatic rings. The van der Waals surface area contributed by atoms with E-state index in [-0.39, 0.29) is 5.91 Å². The van der Waals surface area contributed by atoms with Gasteiger partial charge in [0.2, 0.25) is 0 Å². The Morgan fingerprint density at radius 3 is 2.30 bits per heavy atom. The van der Waals surface area contributed by atoms with Crippen LogP contribution in [0.2, 0.25) is 0 Å². The Bertz CT molecular complexity index is 573. The van der Waals surface area contributed by atoms with Crippen LogP contribution in [0.25, 0.3) is 11.0 Å². The smallest absolute Gasteiger partial charge is 0.289 e. The summed E-state index contributed by atoms with van der Waals surface area (Å²) in [5.41, 5.74) is 0.530. The van der Waals surface area contributed by atoms with Gasteiger partial charge in [0.15, 0.2) is 17.1 Å². The summed E-state index contributed by atoms with van der Waals surface area (Å²) in [7, 11) is 3.15. The Balaban J connectivity index is 2.54. The minimum atomic E-state index is -0.129. The molecule has 1 amide bonds. The topological polar surface area (TPSA) is 51.9 Å². The number of furan rings is 1. The van der Waals surface area contributed by atoms with Gasteiger partial charge in [-0.05, 0) is 26.0 Å². The monoisotopic (exact) mass is 277 g/mol. The zero-order valence-electron chi connectivity index (χ0n) is 12.2. The Hall–Kier alpha value is -2.17. The molecule has 0 atom stereocenters. The van der Waals surface area contributed by atoms with Crippen LogP contribution in [0.3, 0.4) is 0 Å². The van der Waals surface area contributed by atoms with E-state index in [9.17, 15) is 4.79 Å². The Morgan fingerprint density at radius 2 is 1.75 bits per heavy atom. The van der Waals surface area contributed by atoms with Crippen molar-refractivity contribution in [3.8, 4) is 11.5 Å². The van der Waals surface area contributed by atoms with Crippen molar-refractivity contribution in [2.24, 2.45) is 0 Å². The van der Waals surface area contributed by atoms with Crippen molar-refractivity contribution in [2.45, 2.75) is 13.8 Å². The number of rotatable bonds is 5. The van der Waals surface area contributed by atoms with E-state index < -0.39 is 0 Å². The molecule has 0 spiro atoms. The quantitative estimate of drug-likeness (QED) is 0.843. The number of methoxy groups -OCH3 is 2. The van der Waals surface area contributed by atoms with Crippen molar-refractivity contribution in [1.82, 2.24) is 4.90 Å². The first-order chi connectivity index (χ1) is 9.65. The summed E-state index contributed by atoms with van der Waals surface area (Å²) < 4.78 is 16.2. The highest BCUT2D eigenvalue weighted by molar-refractivity contribution is 5.99. The molecule has 1 aromatic carbocycles. The SMILES string of the molecule is CCN(CC)C(=O)c1cc2c(OC)ccc(OC)c2o1. The van der Waals surface area contributed by atoms with E-state index in [0.717, 1.165) is 5.39 Å². The number of carbonyl (C=O) groups excluding carboxylic acids is 1. The normalized spacial score (nSPS) is 10.6. The van der Waals surface area contributed by atoms with Crippen LogP contribution in [0.5, 0.6) is 11.5 Å². The summed E-state index contributed by atoms with van der Waals surface area (Å²) in [6.45, 7) is 5.15. The van der Waals surface area contributed by atoms with Crippen LogP contribution in [0.15, 0.2) is 22.6 Å². The number of ether oxygens (including phenoxy) is 2. The maximum atomic E-state index is 12.3. The van der Waals surface area contributed by atoms with Crippen LogP contribution >= 0.6 is 0 Å². The highest BCUT2D eigenvalue weighted by Gasteiger charge is 2.20. The van der Waals surface area contributed by atoms with Crippen molar-refractivity contribution < 1.29 is 18.7 Å². The molecule has 0 aliphatic carbocycles. The molecule has 1 heterocycles. The predicted molar refractivity (Wildman–Crippen MR) is 76.6 cm³/mol. The number of hydrogen-bond acceptors (Lipinski definition) is 4. The molecule has 2 rings (SSSR count). The van der Waals surface area contributed by atoms with E-state index in [0.29, 0.717) is 35.9 Å². The lowest BCUT2D eigenvalue weighted by atomic mass is 10.2.